The maximum Gasteiger partial charge on any atom is 0.319 e. The predicted molar refractivity (Wildman–Crippen MR) is 90.7 cm³/mol. The summed E-state index contributed by atoms with van der Waals surface area (Å²) in [5, 5.41) is 5.60. The monoisotopic (exact) mass is 324 g/mol. The van der Waals surface area contributed by atoms with Crippen molar-refractivity contribution in [2.75, 3.05) is 32.2 Å². The van der Waals surface area contributed by atoms with E-state index in [0.29, 0.717) is 26.4 Å². The predicted octanol–water partition coefficient (Wildman–Crippen LogP) is 2.78. The summed E-state index contributed by atoms with van der Waals surface area (Å²) in [6.07, 6.45) is 0.213. The van der Waals surface area contributed by atoms with Crippen LogP contribution in [0.15, 0.2) is 24.3 Å². The summed E-state index contributed by atoms with van der Waals surface area (Å²) in [6, 6.07) is 7.28. The number of benzene rings is 1. The zero-order chi connectivity index (χ0) is 17.1. The van der Waals surface area contributed by atoms with Gasteiger partial charge in [0.25, 0.3) is 0 Å². The molecule has 2 amide bonds. The molecule has 2 N–H and O–H groups in total. The second kappa shape index (κ2) is 11.0. The number of urea groups is 1. The lowest BCUT2D eigenvalue weighted by atomic mass is 10.2. The van der Waals surface area contributed by atoms with E-state index in [0.717, 1.165) is 11.3 Å². The van der Waals surface area contributed by atoms with E-state index in [2.05, 4.69) is 10.6 Å². The molecule has 0 saturated carbocycles. The van der Waals surface area contributed by atoms with Crippen LogP contribution in [0, 0.1) is 0 Å². The molecule has 1 aromatic rings. The molecule has 6 nitrogen and oxygen atoms in total. The van der Waals surface area contributed by atoms with Crippen LogP contribution in [0.1, 0.15) is 26.3 Å². The Labute approximate surface area is 138 Å². The largest absolute Gasteiger partial charge is 0.383 e. The Morgan fingerprint density at radius 1 is 1.22 bits per heavy atom. The first-order chi connectivity index (χ1) is 11.0. The zero-order valence-electron chi connectivity index (χ0n) is 14.4. The molecule has 23 heavy (non-hydrogen) atoms. The van der Waals surface area contributed by atoms with Crippen LogP contribution >= 0.6 is 0 Å². The summed E-state index contributed by atoms with van der Waals surface area (Å²) in [5.41, 5.74) is 1.73. The molecule has 1 atom stereocenters. The highest BCUT2D eigenvalue weighted by Gasteiger charge is 2.07. The molecule has 0 saturated heterocycles. The Kier molecular flexibility index (Phi) is 9.28. The lowest BCUT2D eigenvalue weighted by Gasteiger charge is -2.14. The number of ether oxygens (including phenoxy) is 3. The van der Waals surface area contributed by atoms with Gasteiger partial charge < -0.3 is 24.8 Å². The third-order valence-electron chi connectivity index (χ3n) is 2.93. The molecule has 0 heterocycles. The molecule has 6 heteroatoms. The van der Waals surface area contributed by atoms with Gasteiger partial charge in [-0.05, 0) is 38.5 Å². The van der Waals surface area contributed by atoms with E-state index < -0.39 is 0 Å². The van der Waals surface area contributed by atoms with Gasteiger partial charge in [0.15, 0.2) is 0 Å². The Morgan fingerprint density at radius 3 is 2.70 bits per heavy atom. The van der Waals surface area contributed by atoms with Crippen molar-refractivity contribution in [3.8, 4) is 0 Å². The quantitative estimate of drug-likeness (QED) is 0.649. The van der Waals surface area contributed by atoms with Gasteiger partial charge in [-0.2, -0.15) is 0 Å². The maximum atomic E-state index is 11.8. The number of carbonyl (C=O) groups excluding carboxylic acids is 1. The van der Waals surface area contributed by atoms with Gasteiger partial charge in [-0.25, -0.2) is 4.79 Å². The highest BCUT2D eigenvalue weighted by molar-refractivity contribution is 5.89. The molecule has 0 bridgehead atoms. The number of amides is 2. The SMILES string of the molecule is COC[C@H](C)NC(=O)Nc1cccc(COCCOC(C)C)c1. The first-order valence-corrected chi connectivity index (χ1v) is 7.86. The van der Waals surface area contributed by atoms with E-state index in [1.165, 1.54) is 0 Å². The average Bonchev–Trinajstić information content (AvgIpc) is 2.47. The van der Waals surface area contributed by atoms with E-state index in [9.17, 15) is 4.79 Å². The second-order valence-electron chi connectivity index (χ2n) is 5.63. The van der Waals surface area contributed by atoms with Crippen LogP contribution < -0.4 is 10.6 Å². The van der Waals surface area contributed by atoms with Crippen molar-refractivity contribution in [1.82, 2.24) is 5.32 Å². The van der Waals surface area contributed by atoms with Crippen molar-refractivity contribution in [2.24, 2.45) is 0 Å². The van der Waals surface area contributed by atoms with Crippen LogP contribution in [0.25, 0.3) is 0 Å². The Morgan fingerprint density at radius 2 is 2.00 bits per heavy atom. The van der Waals surface area contributed by atoms with Crippen molar-refractivity contribution in [1.29, 1.82) is 0 Å². The highest BCUT2D eigenvalue weighted by atomic mass is 16.5. The van der Waals surface area contributed by atoms with Gasteiger partial charge in [-0.1, -0.05) is 12.1 Å². The molecule has 130 valence electrons. The van der Waals surface area contributed by atoms with Crippen LogP contribution in [0.5, 0.6) is 0 Å². The zero-order valence-corrected chi connectivity index (χ0v) is 14.4. The van der Waals surface area contributed by atoms with E-state index >= 15 is 0 Å². The molecule has 0 fully saturated rings. The summed E-state index contributed by atoms with van der Waals surface area (Å²) in [5.74, 6) is 0. The van der Waals surface area contributed by atoms with Crippen molar-refractivity contribution in [3.63, 3.8) is 0 Å². The highest BCUT2D eigenvalue weighted by Crippen LogP contribution is 2.11. The molecule has 0 aromatic heterocycles. The summed E-state index contributed by atoms with van der Waals surface area (Å²) < 4.78 is 16.0. The third kappa shape index (κ3) is 9.18. The lowest BCUT2D eigenvalue weighted by Crippen LogP contribution is -2.38. The number of nitrogens with one attached hydrogen (secondary N) is 2. The number of rotatable bonds is 10. The fraction of sp³-hybridized carbons (Fsp3) is 0.588. The summed E-state index contributed by atoms with van der Waals surface area (Å²) in [6.45, 7) is 7.95. The Bertz CT molecular complexity index is 466. The molecule has 0 aliphatic carbocycles. The smallest absolute Gasteiger partial charge is 0.319 e. The van der Waals surface area contributed by atoms with Gasteiger partial charge in [0.05, 0.1) is 38.6 Å². The Balaban J connectivity index is 2.36. The fourth-order valence-electron chi connectivity index (χ4n) is 1.95. The first kappa shape index (κ1) is 19.4. The molecule has 0 radical (unpaired) electrons. The van der Waals surface area contributed by atoms with Gasteiger partial charge in [-0.15, -0.1) is 0 Å². The molecule has 0 unspecified atom stereocenters. The number of hydrogen-bond donors (Lipinski definition) is 2. The second-order valence-corrected chi connectivity index (χ2v) is 5.63. The maximum absolute atomic E-state index is 11.8. The van der Waals surface area contributed by atoms with Crippen molar-refractivity contribution >= 4 is 11.7 Å². The van der Waals surface area contributed by atoms with Crippen molar-refractivity contribution < 1.29 is 19.0 Å². The summed E-state index contributed by atoms with van der Waals surface area (Å²) in [4.78, 5) is 11.8. The van der Waals surface area contributed by atoms with Gasteiger partial charge >= 0.3 is 6.03 Å². The third-order valence-corrected chi connectivity index (χ3v) is 2.93. The van der Waals surface area contributed by atoms with E-state index in [-0.39, 0.29) is 18.2 Å². The molecule has 1 aromatic carbocycles. The lowest BCUT2D eigenvalue weighted by molar-refractivity contribution is 0.0143. The summed E-state index contributed by atoms with van der Waals surface area (Å²) >= 11 is 0. The number of hydrogen-bond acceptors (Lipinski definition) is 4. The molecule has 0 spiro atoms. The minimum absolute atomic E-state index is 0.0486. The van der Waals surface area contributed by atoms with Crippen LogP contribution in [-0.4, -0.2) is 45.1 Å². The van der Waals surface area contributed by atoms with Gasteiger partial charge in [0.1, 0.15) is 0 Å². The van der Waals surface area contributed by atoms with Gasteiger partial charge in [-0.3, -0.25) is 0 Å². The van der Waals surface area contributed by atoms with Crippen LogP contribution in [0.4, 0.5) is 10.5 Å². The standard InChI is InChI=1S/C17H28N2O4/c1-13(2)23-9-8-22-12-15-6-5-7-16(10-15)19-17(20)18-14(3)11-21-4/h5-7,10,13-14H,8-9,11-12H2,1-4H3,(H2,18,19,20)/t14-/m0/s1. The summed E-state index contributed by atoms with van der Waals surface area (Å²) in [7, 11) is 1.60. The first-order valence-electron chi connectivity index (χ1n) is 7.86. The molecular weight excluding hydrogens is 296 g/mol. The van der Waals surface area contributed by atoms with Gasteiger partial charge in [0, 0.05) is 12.8 Å². The number of anilines is 1. The van der Waals surface area contributed by atoms with Gasteiger partial charge in [0.2, 0.25) is 0 Å². The fourth-order valence-corrected chi connectivity index (χ4v) is 1.95. The molecule has 0 aliphatic heterocycles. The number of carbonyl (C=O) groups is 1. The molecule has 0 aliphatic rings. The minimum Gasteiger partial charge on any atom is -0.383 e. The normalized spacial score (nSPS) is 12.2. The van der Waals surface area contributed by atoms with E-state index in [4.69, 9.17) is 14.2 Å². The van der Waals surface area contributed by atoms with E-state index in [1.54, 1.807) is 7.11 Å². The molecule has 1 rings (SSSR count). The van der Waals surface area contributed by atoms with Crippen molar-refractivity contribution in [2.45, 2.75) is 39.5 Å². The average molecular weight is 324 g/mol. The van der Waals surface area contributed by atoms with Crippen molar-refractivity contribution in [3.05, 3.63) is 29.8 Å². The number of methoxy groups -OCH3 is 1. The minimum atomic E-state index is -0.252. The Hall–Kier alpha value is -1.63. The van der Waals surface area contributed by atoms with Crippen LogP contribution in [0.3, 0.4) is 0 Å². The topological polar surface area (TPSA) is 68.8 Å². The van der Waals surface area contributed by atoms with Crippen LogP contribution in [0.2, 0.25) is 0 Å². The van der Waals surface area contributed by atoms with Crippen LogP contribution in [-0.2, 0) is 20.8 Å². The van der Waals surface area contributed by atoms with E-state index in [1.807, 2.05) is 45.0 Å². The molecular formula is C17H28N2O4.